The average Bonchev–Trinajstić information content (AvgIpc) is 2.99. The third-order valence-corrected chi connectivity index (χ3v) is 3.37. The summed E-state index contributed by atoms with van der Waals surface area (Å²) in [5.74, 6) is 0. The van der Waals surface area contributed by atoms with Crippen LogP contribution in [0.1, 0.15) is 32.4 Å². The first-order chi connectivity index (χ1) is 9.99. The molecule has 0 saturated heterocycles. The molecule has 0 aliphatic heterocycles. The molecule has 1 heterocycles. The number of nitrogens with one attached hydrogen (secondary N) is 1. The molecule has 0 spiro atoms. The summed E-state index contributed by atoms with van der Waals surface area (Å²) in [5, 5.41) is 6.98. The maximum Gasteiger partial charge on any atom is 0.317 e. The largest absolute Gasteiger partial charge is 0.336 e. The van der Waals surface area contributed by atoms with Crippen LogP contribution in [0.4, 0.5) is 4.79 Å². The van der Waals surface area contributed by atoms with Gasteiger partial charge in [0.2, 0.25) is 0 Å². The molecule has 0 saturated carbocycles. The van der Waals surface area contributed by atoms with Gasteiger partial charge in [-0.15, -0.1) is 0 Å². The summed E-state index contributed by atoms with van der Waals surface area (Å²) in [5.41, 5.74) is 2.01. The number of amides is 2. The fourth-order valence-corrected chi connectivity index (χ4v) is 2.00. The van der Waals surface area contributed by atoms with Crippen molar-refractivity contribution >= 4 is 6.03 Å². The van der Waals surface area contributed by atoms with Gasteiger partial charge in [-0.1, -0.05) is 12.1 Å². The van der Waals surface area contributed by atoms with E-state index in [1.165, 1.54) is 6.33 Å². The van der Waals surface area contributed by atoms with Gasteiger partial charge in [-0.2, -0.15) is 5.10 Å². The van der Waals surface area contributed by atoms with Gasteiger partial charge in [0.15, 0.2) is 0 Å². The molecule has 2 amide bonds. The smallest absolute Gasteiger partial charge is 0.317 e. The van der Waals surface area contributed by atoms with Crippen molar-refractivity contribution in [3.8, 4) is 5.69 Å². The van der Waals surface area contributed by atoms with Gasteiger partial charge in [0, 0.05) is 13.1 Å². The van der Waals surface area contributed by atoms with Crippen molar-refractivity contribution in [2.24, 2.45) is 0 Å². The molecule has 2 rings (SSSR count). The number of aromatic nitrogens is 3. The Hall–Kier alpha value is -2.37. The Balaban J connectivity index is 2.09. The number of carbonyl (C=O) groups is 1. The molecule has 6 heteroatoms. The second kappa shape index (κ2) is 6.39. The maximum atomic E-state index is 12.0. The van der Waals surface area contributed by atoms with Crippen molar-refractivity contribution in [3.05, 3.63) is 42.5 Å². The lowest BCUT2D eigenvalue weighted by atomic mass is 10.1. The Labute approximate surface area is 124 Å². The lowest BCUT2D eigenvalue weighted by Crippen LogP contribution is -2.41. The number of rotatable bonds is 4. The van der Waals surface area contributed by atoms with Gasteiger partial charge >= 0.3 is 6.03 Å². The molecule has 0 bridgehead atoms. The predicted octanol–water partition coefficient (Wildman–Crippen LogP) is 2.38. The van der Waals surface area contributed by atoms with Gasteiger partial charge in [0.1, 0.15) is 12.7 Å². The summed E-state index contributed by atoms with van der Waals surface area (Å²) in [6, 6.07) is 7.98. The lowest BCUT2D eigenvalue weighted by molar-refractivity contribution is 0.192. The zero-order valence-electron chi connectivity index (χ0n) is 12.8. The Morgan fingerprint density at radius 1 is 1.24 bits per heavy atom. The summed E-state index contributed by atoms with van der Waals surface area (Å²) < 4.78 is 1.70. The Morgan fingerprint density at radius 3 is 2.43 bits per heavy atom. The molecule has 2 aromatic rings. The monoisotopic (exact) mass is 287 g/mol. The molecule has 21 heavy (non-hydrogen) atoms. The highest BCUT2D eigenvalue weighted by molar-refractivity contribution is 5.74. The molecular formula is C15H21N5O. The van der Waals surface area contributed by atoms with Crippen molar-refractivity contribution in [1.29, 1.82) is 0 Å². The van der Waals surface area contributed by atoms with Crippen LogP contribution in [-0.4, -0.2) is 38.8 Å². The topological polar surface area (TPSA) is 63.1 Å². The first kappa shape index (κ1) is 15.0. The van der Waals surface area contributed by atoms with Gasteiger partial charge in [-0.25, -0.2) is 14.5 Å². The van der Waals surface area contributed by atoms with Crippen LogP contribution >= 0.6 is 0 Å². The zero-order valence-corrected chi connectivity index (χ0v) is 12.8. The molecule has 1 atom stereocenters. The summed E-state index contributed by atoms with van der Waals surface area (Å²) in [7, 11) is 1.80. The highest BCUT2D eigenvalue weighted by Crippen LogP contribution is 2.20. The first-order valence-electron chi connectivity index (χ1n) is 6.97. The quantitative estimate of drug-likeness (QED) is 0.939. The normalized spacial score (nSPS) is 12.2. The third-order valence-electron chi connectivity index (χ3n) is 3.37. The van der Waals surface area contributed by atoms with Crippen LogP contribution in [0.5, 0.6) is 0 Å². The van der Waals surface area contributed by atoms with E-state index in [9.17, 15) is 4.79 Å². The minimum atomic E-state index is -0.0714. The summed E-state index contributed by atoms with van der Waals surface area (Å²) in [6.07, 6.45) is 3.15. The highest BCUT2D eigenvalue weighted by atomic mass is 16.2. The van der Waals surface area contributed by atoms with E-state index in [4.69, 9.17) is 0 Å². The minimum absolute atomic E-state index is 0.00598. The average molecular weight is 287 g/mol. The lowest BCUT2D eigenvalue weighted by Gasteiger charge is -2.26. The van der Waals surface area contributed by atoms with Gasteiger partial charge in [0.25, 0.3) is 0 Å². The summed E-state index contributed by atoms with van der Waals surface area (Å²) in [4.78, 5) is 17.6. The van der Waals surface area contributed by atoms with Crippen LogP contribution in [-0.2, 0) is 0 Å². The number of nitrogens with zero attached hydrogens (tertiary/aromatic N) is 4. The molecule has 0 fully saturated rings. The van der Waals surface area contributed by atoms with Crippen LogP contribution in [0.3, 0.4) is 0 Å². The van der Waals surface area contributed by atoms with E-state index in [1.807, 2.05) is 45.0 Å². The number of carbonyl (C=O) groups excluding carboxylic acids is 1. The second-order valence-electron chi connectivity index (χ2n) is 5.32. The minimum Gasteiger partial charge on any atom is -0.336 e. The molecule has 6 nitrogen and oxygen atoms in total. The zero-order chi connectivity index (χ0) is 15.4. The molecule has 1 aromatic carbocycles. The Morgan fingerprint density at radius 2 is 1.90 bits per heavy atom. The summed E-state index contributed by atoms with van der Waals surface area (Å²) >= 11 is 0. The van der Waals surface area contributed by atoms with Crippen LogP contribution in [0.15, 0.2) is 36.9 Å². The molecule has 0 radical (unpaired) electrons. The standard InChI is InChI=1S/C15H21N5O/c1-11(2)18-15(21)19(4)12(3)13-5-7-14(8-6-13)20-10-16-9-17-20/h5-12H,1-4H3,(H,18,21). The van der Waals surface area contributed by atoms with E-state index >= 15 is 0 Å². The van der Waals surface area contributed by atoms with E-state index in [0.29, 0.717) is 0 Å². The molecular weight excluding hydrogens is 266 g/mol. The highest BCUT2D eigenvalue weighted by Gasteiger charge is 2.17. The van der Waals surface area contributed by atoms with Crippen molar-refractivity contribution in [2.75, 3.05) is 7.05 Å². The number of hydrogen-bond acceptors (Lipinski definition) is 3. The number of urea groups is 1. The van der Waals surface area contributed by atoms with Crippen molar-refractivity contribution in [3.63, 3.8) is 0 Å². The van der Waals surface area contributed by atoms with Crippen molar-refractivity contribution in [1.82, 2.24) is 25.0 Å². The van der Waals surface area contributed by atoms with Crippen LogP contribution in [0, 0.1) is 0 Å². The Bertz CT molecular complexity index is 577. The van der Waals surface area contributed by atoms with Crippen LogP contribution in [0.25, 0.3) is 5.69 Å². The molecule has 112 valence electrons. The second-order valence-corrected chi connectivity index (χ2v) is 5.32. The van der Waals surface area contributed by atoms with E-state index in [-0.39, 0.29) is 18.1 Å². The third kappa shape index (κ3) is 3.59. The fourth-order valence-electron chi connectivity index (χ4n) is 2.00. The number of hydrogen-bond donors (Lipinski definition) is 1. The van der Waals surface area contributed by atoms with E-state index in [1.54, 1.807) is 23.0 Å². The van der Waals surface area contributed by atoms with E-state index in [2.05, 4.69) is 15.4 Å². The molecule has 1 N–H and O–H groups in total. The van der Waals surface area contributed by atoms with Crippen LogP contribution in [0.2, 0.25) is 0 Å². The molecule has 0 aliphatic rings. The molecule has 1 unspecified atom stereocenters. The van der Waals surface area contributed by atoms with Crippen molar-refractivity contribution in [2.45, 2.75) is 32.9 Å². The molecule has 0 aliphatic carbocycles. The van der Waals surface area contributed by atoms with Crippen LogP contribution < -0.4 is 5.32 Å². The van der Waals surface area contributed by atoms with Crippen molar-refractivity contribution < 1.29 is 4.79 Å². The van der Waals surface area contributed by atoms with Gasteiger partial charge in [-0.3, -0.25) is 0 Å². The Kier molecular flexibility index (Phi) is 4.57. The molecule has 1 aromatic heterocycles. The maximum absolute atomic E-state index is 12.0. The van der Waals surface area contributed by atoms with E-state index < -0.39 is 0 Å². The van der Waals surface area contributed by atoms with E-state index in [0.717, 1.165) is 11.3 Å². The number of benzene rings is 1. The SMILES string of the molecule is CC(C)NC(=O)N(C)C(C)c1ccc(-n2cncn2)cc1. The van der Waals surface area contributed by atoms with Gasteiger partial charge < -0.3 is 10.2 Å². The van der Waals surface area contributed by atoms with Gasteiger partial charge in [-0.05, 0) is 38.5 Å². The van der Waals surface area contributed by atoms with Gasteiger partial charge in [0.05, 0.1) is 11.7 Å². The summed E-state index contributed by atoms with van der Waals surface area (Å²) in [6.45, 7) is 5.90. The predicted molar refractivity (Wildman–Crippen MR) is 81.2 cm³/mol. The fraction of sp³-hybridized carbons (Fsp3) is 0.400. The first-order valence-corrected chi connectivity index (χ1v) is 6.97.